The second kappa shape index (κ2) is 9.77. The second-order valence-corrected chi connectivity index (χ2v) is 10.2. The average Bonchev–Trinajstić information content (AvgIpc) is 2.69. The predicted molar refractivity (Wildman–Crippen MR) is 127 cm³/mol. The lowest BCUT2D eigenvalue weighted by atomic mass is 10.1. The van der Waals surface area contributed by atoms with Crippen LogP contribution in [0.1, 0.15) is 22.3 Å². The van der Waals surface area contributed by atoms with E-state index in [4.69, 9.17) is 0 Å². The van der Waals surface area contributed by atoms with Gasteiger partial charge in [-0.15, -0.1) is 0 Å². The van der Waals surface area contributed by atoms with E-state index in [-0.39, 0.29) is 18.0 Å². The van der Waals surface area contributed by atoms with Crippen LogP contribution in [-0.2, 0) is 21.4 Å². The molecular weight excluding hydrogens is 476 g/mol. The van der Waals surface area contributed by atoms with Gasteiger partial charge in [-0.3, -0.25) is 4.79 Å². The van der Waals surface area contributed by atoms with E-state index in [0.29, 0.717) is 16.8 Å². The van der Waals surface area contributed by atoms with Gasteiger partial charge in [0.25, 0.3) is 0 Å². The van der Waals surface area contributed by atoms with Gasteiger partial charge in [-0.1, -0.05) is 60.2 Å². The van der Waals surface area contributed by atoms with Gasteiger partial charge in [-0.25, -0.2) is 8.42 Å². The molecule has 0 saturated heterocycles. The minimum absolute atomic E-state index is 0.0965. The number of carbonyl (C=O) groups excluding carboxylic acids is 1. The van der Waals surface area contributed by atoms with Crippen molar-refractivity contribution in [1.29, 1.82) is 0 Å². The van der Waals surface area contributed by atoms with Crippen LogP contribution in [0.25, 0.3) is 0 Å². The van der Waals surface area contributed by atoms with Crippen molar-refractivity contribution in [1.82, 2.24) is 4.31 Å². The first-order valence-corrected chi connectivity index (χ1v) is 12.1. The fourth-order valence-electron chi connectivity index (χ4n) is 3.63. The minimum atomic E-state index is -3.91. The summed E-state index contributed by atoms with van der Waals surface area (Å²) in [5, 5.41) is 2.80. The number of para-hydroxylation sites is 1. The molecule has 1 amide bonds. The van der Waals surface area contributed by atoms with E-state index in [9.17, 15) is 13.2 Å². The fraction of sp³-hybridized carbons (Fsp3) is 0.208. The van der Waals surface area contributed by atoms with Crippen LogP contribution in [0.2, 0.25) is 0 Å². The van der Waals surface area contributed by atoms with Crippen molar-refractivity contribution in [2.24, 2.45) is 0 Å². The van der Waals surface area contributed by atoms with Crippen molar-refractivity contribution < 1.29 is 13.2 Å². The van der Waals surface area contributed by atoms with Gasteiger partial charge in [0.2, 0.25) is 15.9 Å². The number of nitrogens with zero attached hydrogens (tertiary/aromatic N) is 1. The van der Waals surface area contributed by atoms with Crippen LogP contribution in [0.15, 0.2) is 76.1 Å². The number of hydrogen-bond acceptors (Lipinski definition) is 3. The molecule has 3 aromatic carbocycles. The number of carbonyl (C=O) groups is 1. The third-order valence-corrected chi connectivity index (χ3v) is 7.66. The lowest BCUT2D eigenvalue weighted by Crippen LogP contribution is -2.38. The molecule has 31 heavy (non-hydrogen) atoms. The Bertz CT molecular complexity index is 1170. The molecule has 5 nitrogen and oxygen atoms in total. The summed E-state index contributed by atoms with van der Waals surface area (Å²) in [6.45, 7) is 5.30. The molecule has 162 valence electrons. The molecule has 1 N–H and O–H groups in total. The van der Waals surface area contributed by atoms with E-state index >= 15 is 0 Å². The van der Waals surface area contributed by atoms with Crippen LogP contribution in [0, 0.1) is 20.8 Å². The second-order valence-electron chi connectivity index (χ2n) is 7.51. The highest BCUT2D eigenvalue weighted by atomic mass is 79.9. The number of nitrogens with one attached hydrogen (secondary N) is 1. The van der Waals surface area contributed by atoms with Crippen LogP contribution in [0.4, 0.5) is 5.69 Å². The van der Waals surface area contributed by atoms with Crippen molar-refractivity contribution in [2.45, 2.75) is 32.2 Å². The van der Waals surface area contributed by atoms with Crippen LogP contribution in [0.3, 0.4) is 0 Å². The van der Waals surface area contributed by atoms with E-state index in [1.165, 1.54) is 4.31 Å². The molecule has 0 aromatic heterocycles. The Hall–Kier alpha value is -2.48. The Balaban J connectivity index is 1.96. The zero-order chi connectivity index (χ0) is 22.6. The highest BCUT2D eigenvalue weighted by Crippen LogP contribution is 2.27. The number of hydrogen-bond donors (Lipinski definition) is 1. The summed E-state index contributed by atoms with van der Waals surface area (Å²) in [5.74, 6) is -0.408. The number of halogens is 1. The first-order chi connectivity index (χ1) is 14.7. The largest absolute Gasteiger partial charge is 0.324 e. The summed E-state index contributed by atoms with van der Waals surface area (Å²) in [6, 6.07) is 20.2. The van der Waals surface area contributed by atoms with E-state index < -0.39 is 15.9 Å². The standard InChI is InChI=1S/C24H25BrN2O3S/c1-17-13-18(2)24(19(3)14-17)31(29,30)27(15-20-9-5-4-6-10-20)16-23(28)26-22-12-8-7-11-21(22)25/h4-14H,15-16H2,1-3H3,(H,26,28). The molecule has 0 saturated carbocycles. The zero-order valence-electron chi connectivity index (χ0n) is 17.7. The molecule has 0 atom stereocenters. The van der Waals surface area contributed by atoms with Gasteiger partial charge in [0.1, 0.15) is 0 Å². The van der Waals surface area contributed by atoms with Crippen LogP contribution < -0.4 is 5.32 Å². The Kier molecular flexibility index (Phi) is 7.30. The summed E-state index contributed by atoms with van der Waals surface area (Å²) in [6.07, 6.45) is 0. The Morgan fingerprint density at radius 1 is 0.935 bits per heavy atom. The van der Waals surface area contributed by atoms with Gasteiger partial charge in [0, 0.05) is 11.0 Å². The number of sulfonamides is 1. The number of aryl methyl sites for hydroxylation is 3. The number of benzene rings is 3. The number of amides is 1. The zero-order valence-corrected chi connectivity index (χ0v) is 20.1. The van der Waals surface area contributed by atoms with Crippen LogP contribution in [-0.4, -0.2) is 25.2 Å². The molecule has 0 unspecified atom stereocenters. The van der Waals surface area contributed by atoms with E-state index in [1.54, 1.807) is 26.0 Å². The molecule has 3 rings (SSSR count). The number of rotatable bonds is 7. The smallest absolute Gasteiger partial charge is 0.244 e. The molecular formula is C24H25BrN2O3S. The summed E-state index contributed by atoms with van der Waals surface area (Å²) in [7, 11) is -3.91. The Labute approximate surface area is 192 Å². The topological polar surface area (TPSA) is 66.5 Å². The average molecular weight is 501 g/mol. The summed E-state index contributed by atoms with van der Waals surface area (Å²) in [4.78, 5) is 13.1. The van der Waals surface area contributed by atoms with Crippen molar-refractivity contribution >= 4 is 37.5 Å². The van der Waals surface area contributed by atoms with Gasteiger partial charge in [0.05, 0.1) is 17.1 Å². The molecule has 0 heterocycles. The van der Waals surface area contributed by atoms with E-state index in [0.717, 1.165) is 15.6 Å². The first-order valence-electron chi connectivity index (χ1n) is 9.85. The van der Waals surface area contributed by atoms with Gasteiger partial charge in [0.15, 0.2) is 0 Å². The molecule has 3 aromatic rings. The normalized spacial score (nSPS) is 11.5. The molecule has 0 aliphatic carbocycles. The maximum atomic E-state index is 13.7. The molecule has 0 aliphatic rings. The van der Waals surface area contributed by atoms with Crippen molar-refractivity contribution in [3.05, 3.63) is 93.5 Å². The minimum Gasteiger partial charge on any atom is -0.324 e. The molecule has 0 spiro atoms. The van der Waals surface area contributed by atoms with Gasteiger partial charge in [-0.2, -0.15) is 4.31 Å². The van der Waals surface area contributed by atoms with Gasteiger partial charge >= 0.3 is 0 Å². The van der Waals surface area contributed by atoms with Gasteiger partial charge in [-0.05, 0) is 65.5 Å². The number of anilines is 1. The Morgan fingerprint density at radius 3 is 2.13 bits per heavy atom. The highest BCUT2D eigenvalue weighted by molar-refractivity contribution is 9.10. The fourth-order valence-corrected chi connectivity index (χ4v) is 5.81. The molecule has 0 aliphatic heterocycles. The quantitative estimate of drug-likeness (QED) is 0.484. The lowest BCUT2D eigenvalue weighted by Gasteiger charge is -2.24. The van der Waals surface area contributed by atoms with Crippen molar-refractivity contribution in [3.8, 4) is 0 Å². The summed E-state index contributed by atoms with van der Waals surface area (Å²) < 4.78 is 29.3. The van der Waals surface area contributed by atoms with Crippen LogP contribution in [0.5, 0.6) is 0 Å². The van der Waals surface area contributed by atoms with E-state index in [1.807, 2.05) is 61.5 Å². The van der Waals surface area contributed by atoms with Crippen LogP contribution >= 0.6 is 15.9 Å². The Morgan fingerprint density at radius 2 is 1.52 bits per heavy atom. The third kappa shape index (κ3) is 5.61. The maximum Gasteiger partial charge on any atom is 0.244 e. The highest BCUT2D eigenvalue weighted by Gasteiger charge is 2.30. The maximum absolute atomic E-state index is 13.7. The van der Waals surface area contributed by atoms with E-state index in [2.05, 4.69) is 21.2 Å². The molecule has 0 bridgehead atoms. The first kappa shape index (κ1) is 23.2. The van der Waals surface area contributed by atoms with Crippen molar-refractivity contribution in [3.63, 3.8) is 0 Å². The SMILES string of the molecule is Cc1cc(C)c(S(=O)(=O)N(CC(=O)Nc2ccccc2Br)Cc2ccccc2)c(C)c1. The summed E-state index contributed by atoms with van der Waals surface area (Å²) >= 11 is 3.40. The monoisotopic (exact) mass is 500 g/mol. The molecule has 0 fully saturated rings. The third-order valence-electron chi connectivity index (χ3n) is 4.87. The predicted octanol–water partition coefficient (Wildman–Crippen LogP) is 5.20. The molecule has 0 radical (unpaired) electrons. The lowest BCUT2D eigenvalue weighted by molar-refractivity contribution is -0.116. The summed E-state index contributed by atoms with van der Waals surface area (Å²) in [5.41, 5.74) is 3.73. The molecule has 7 heteroatoms. The van der Waals surface area contributed by atoms with Crippen molar-refractivity contribution in [2.75, 3.05) is 11.9 Å². The van der Waals surface area contributed by atoms with Gasteiger partial charge < -0.3 is 5.32 Å².